The van der Waals surface area contributed by atoms with Gasteiger partial charge in [-0.15, -0.1) is 0 Å². The third-order valence-corrected chi connectivity index (χ3v) is 3.30. The molecule has 3 N–H and O–H groups in total. The molecule has 0 saturated heterocycles. The monoisotopic (exact) mass is 312 g/mol. The van der Waals surface area contributed by atoms with Crippen LogP contribution in [0.4, 0.5) is 32.0 Å². The van der Waals surface area contributed by atoms with Crippen LogP contribution in [0.1, 0.15) is 28.8 Å². The van der Waals surface area contributed by atoms with Gasteiger partial charge in [-0.05, 0) is 25.0 Å². The molecule has 0 radical (unpaired) electrons. The van der Waals surface area contributed by atoms with Crippen molar-refractivity contribution in [1.82, 2.24) is 5.32 Å². The van der Waals surface area contributed by atoms with Crippen molar-refractivity contribution < 1.29 is 31.1 Å². The Morgan fingerprint density at radius 1 is 1.14 bits per heavy atom. The van der Waals surface area contributed by atoms with E-state index in [0.29, 0.717) is 6.07 Å². The maximum atomic E-state index is 12.7. The SMILES string of the molecule is Nc1c(C(=O)NC2(C(F)(F)F)CC2)cccc1C(F)(F)F. The molecule has 0 spiro atoms. The number of carbonyl (C=O) groups is 1. The molecule has 1 aliphatic rings. The van der Waals surface area contributed by atoms with Gasteiger partial charge in [0.2, 0.25) is 0 Å². The second kappa shape index (κ2) is 4.54. The molecule has 3 nitrogen and oxygen atoms in total. The molecule has 1 aromatic rings. The average molecular weight is 312 g/mol. The summed E-state index contributed by atoms with van der Waals surface area (Å²) in [5.41, 5.74) is 0.130. The van der Waals surface area contributed by atoms with Crippen molar-refractivity contribution in [2.45, 2.75) is 30.7 Å². The fourth-order valence-electron chi connectivity index (χ4n) is 1.90. The van der Waals surface area contributed by atoms with Crippen LogP contribution in [0.2, 0.25) is 0 Å². The molecule has 0 aliphatic heterocycles. The van der Waals surface area contributed by atoms with E-state index >= 15 is 0 Å². The van der Waals surface area contributed by atoms with Gasteiger partial charge in [0.25, 0.3) is 5.91 Å². The number of anilines is 1. The third-order valence-electron chi connectivity index (χ3n) is 3.30. The van der Waals surface area contributed by atoms with Gasteiger partial charge in [0.1, 0.15) is 5.54 Å². The topological polar surface area (TPSA) is 55.1 Å². The number of hydrogen-bond acceptors (Lipinski definition) is 2. The molecule has 116 valence electrons. The van der Waals surface area contributed by atoms with Crippen LogP contribution >= 0.6 is 0 Å². The summed E-state index contributed by atoms with van der Waals surface area (Å²) >= 11 is 0. The molecule has 1 aromatic carbocycles. The first-order valence-electron chi connectivity index (χ1n) is 5.83. The zero-order valence-electron chi connectivity index (χ0n) is 10.4. The number of benzene rings is 1. The van der Waals surface area contributed by atoms with Gasteiger partial charge < -0.3 is 11.1 Å². The minimum Gasteiger partial charge on any atom is -0.398 e. The summed E-state index contributed by atoms with van der Waals surface area (Å²) in [6.07, 6.45) is -10.1. The number of alkyl halides is 6. The molecule has 1 fully saturated rings. The van der Waals surface area contributed by atoms with Gasteiger partial charge in [-0.2, -0.15) is 26.3 Å². The van der Waals surface area contributed by atoms with E-state index in [1.54, 1.807) is 5.32 Å². The Bertz CT molecular complexity index is 574. The van der Waals surface area contributed by atoms with Crippen LogP contribution in [0, 0.1) is 0 Å². The lowest BCUT2D eigenvalue weighted by atomic mass is 10.1. The van der Waals surface area contributed by atoms with Gasteiger partial charge in [-0.1, -0.05) is 6.07 Å². The highest BCUT2D eigenvalue weighted by atomic mass is 19.4. The molecule has 0 unspecified atom stereocenters. The summed E-state index contributed by atoms with van der Waals surface area (Å²) in [5.74, 6) is -1.27. The van der Waals surface area contributed by atoms with Gasteiger partial charge in [-0.3, -0.25) is 4.79 Å². The predicted molar refractivity (Wildman–Crippen MR) is 61.3 cm³/mol. The zero-order chi connectivity index (χ0) is 16.1. The van der Waals surface area contributed by atoms with E-state index in [0.717, 1.165) is 12.1 Å². The van der Waals surface area contributed by atoms with Crippen LogP contribution in [0.3, 0.4) is 0 Å². The molecule has 2 rings (SSSR count). The van der Waals surface area contributed by atoms with Gasteiger partial charge >= 0.3 is 12.4 Å². The first-order valence-corrected chi connectivity index (χ1v) is 5.83. The normalized spacial score (nSPS) is 17.4. The highest BCUT2D eigenvalue weighted by molar-refractivity contribution is 6.00. The molecule has 0 bridgehead atoms. The number of nitrogens with two attached hydrogens (primary N) is 1. The Kier molecular flexibility index (Phi) is 3.34. The summed E-state index contributed by atoms with van der Waals surface area (Å²) < 4.78 is 76.1. The minimum atomic E-state index is -4.79. The number of carbonyl (C=O) groups excluding carboxylic acids is 1. The van der Waals surface area contributed by atoms with Crippen LogP contribution in [0.5, 0.6) is 0 Å². The standard InChI is InChI=1S/C12H10F6N2O/c13-11(14,15)7-3-1-2-6(8(7)19)9(21)20-10(4-5-10)12(16,17)18/h1-3H,4-5,19H2,(H,20,21). The third kappa shape index (κ3) is 2.77. The molecule has 9 heteroatoms. The largest absolute Gasteiger partial charge is 0.418 e. The number of nitrogen functional groups attached to an aromatic ring is 1. The first-order chi connectivity index (χ1) is 9.48. The Morgan fingerprint density at radius 2 is 1.71 bits per heavy atom. The number of hydrogen-bond donors (Lipinski definition) is 2. The minimum absolute atomic E-state index is 0.304. The average Bonchev–Trinajstić information content (AvgIpc) is 3.07. The number of rotatable bonds is 2. The molecule has 0 aromatic heterocycles. The van der Waals surface area contributed by atoms with E-state index in [4.69, 9.17) is 5.73 Å². The van der Waals surface area contributed by atoms with Gasteiger partial charge in [-0.25, -0.2) is 0 Å². The molecule has 0 heterocycles. The number of amides is 1. The summed E-state index contributed by atoms with van der Waals surface area (Å²) in [6.45, 7) is 0. The molecule has 21 heavy (non-hydrogen) atoms. The van der Waals surface area contributed by atoms with Crippen LogP contribution in [0.25, 0.3) is 0 Å². The van der Waals surface area contributed by atoms with E-state index in [2.05, 4.69) is 0 Å². The summed E-state index contributed by atoms with van der Waals surface area (Å²) in [7, 11) is 0. The molecular formula is C12H10F6N2O. The lowest BCUT2D eigenvalue weighted by Crippen LogP contribution is -2.48. The van der Waals surface area contributed by atoms with E-state index in [1.165, 1.54) is 0 Å². The molecular weight excluding hydrogens is 302 g/mol. The lowest BCUT2D eigenvalue weighted by molar-refractivity contribution is -0.163. The Balaban J connectivity index is 2.30. The van der Waals surface area contributed by atoms with Crippen molar-refractivity contribution in [3.05, 3.63) is 29.3 Å². The fraction of sp³-hybridized carbons (Fsp3) is 0.417. The number of nitrogens with one attached hydrogen (secondary N) is 1. The highest BCUT2D eigenvalue weighted by Gasteiger charge is 2.64. The quantitative estimate of drug-likeness (QED) is 0.651. The summed E-state index contributed by atoms with van der Waals surface area (Å²) in [5, 5.41) is 1.73. The van der Waals surface area contributed by atoms with Crippen molar-refractivity contribution in [2.75, 3.05) is 5.73 Å². The molecule has 0 atom stereocenters. The van der Waals surface area contributed by atoms with Gasteiger partial charge in [0, 0.05) is 0 Å². The maximum Gasteiger partial charge on any atom is 0.418 e. The smallest absolute Gasteiger partial charge is 0.398 e. The van der Waals surface area contributed by atoms with Crippen LogP contribution < -0.4 is 11.1 Å². The fourth-order valence-corrected chi connectivity index (χ4v) is 1.90. The second-order valence-corrected chi connectivity index (χ2v) is 4.80. The summed E-state index contributed by atoms with van der Waals surface area (Å²) in [4.78, 5) is 11.8. The maximum absolute atomic E-state index is 12.7. The second-order valence-electron chi connectivity index (χ2n) is 4.80. The van der Waals surface area contributed by atoms with Crippen LogP contribution in [-0.2, 0) is 6.18 Å². The van der Waals surface area contributed by atoms with E-state index in [-0.39, 0.29) is 12.8 Å². The molecule has 1 saturated carbocycles. The Morgan fingerprint density at radius 3 is 2.14 bits per heavy atom. The zero-order valence-corrected chi connectivity index (χ0v) is 10.4. The highest BCUT2D eigenvalue weighted by Crippen LogP contribution is 2.49. The van der Waals surface area contributed by atoms with Crippen LogP contribution in [-0.4, -0.2) is 17.6 Å². The van der Waals surface area contributed by atoms with Crippen molar-refractivity contribution in [1.29, 1.82) is 0 Å². The van der Waals surface area contributed by atoms with Crippen molar-refractivity contribution >= 4 is 11.6 Å². The summed E-state index contributed by atoms with van der Waals surface area (Å²) in [6, 6.07) is 2.52. The number of para-hydroxylation sites is 1. The van der Waals surface area contributed by atoms with Gasteiger partial charge in [0.15, 0.2) is 0 Å². The number of halogens is 6. The lowest BCUT2D eigenvalue weighted by Gasteiger charge is -2.21. The van der Waals surface area contributed by atoms with Crippen molar-refractivity contribution in [3.8, 4) is 0 Å². The predicted octanol–water partition coefficient (Wildman–Crippen LogP) is 3.11. The van der Waals surface area contributed by atoms with E-state index in [9.17, 15) is 31.1 Å². The van der Waals surface area contributed by atoms with Crippen LogP contribution in [0.15, 0.2) is 18.2 Å². The first kappa shape index (κ1) is 15.5. The van der Waals surface area contributed by atoms with E-state index in [1.807, 2.05) is 0 Å². The van der Waals surface area contributed by atoms with E-state index < -0.39 is 40.6 Å². The molecule has 1 aliphatic carbocycles. The Hall–Kier alpha value is -1.93. The molecule has 1 amide bonds. The van der Waals surface area contributed by atoms with Crippen molar-refractivity contribution in [3.63, 3.8) is 0 Å². The Labute approximate surface area is 115 Å². The van der Waals surface area contributed by atoms with Gasteiger partial charge in [0.05, 0.1) is 16.8 Å². The van der Waals surface area contributed by atoms with Crippen molar-refractivity contribution in [2.24, 2.45) is 0 Å².